The first-order chi connectivity index (χ1) is 4.60. The van der Waals surface area contributed by atoms with Crippen LogP contribution in [0.25, 0.3) is 0 Å². The van der Waals surface area contributed by atoms with Crippen molar-refractivity contribution >= 4 is 0 Å². The Balaban J connectivity index is 0.000001000. The highest BCUT2D eigenvalue weighted by Crippen LogP contribution is 2.12. The van der Waals surface area contributed by atoms with Crippen molar-refractivity contribution in [3.8, 4) is 0 Å². The summed E-state index contributed by atoms with van der Waals surface area (Å²) in [7, 11) is 4.62. The van der Waals surface area contributed by atoms with Gasteiger partial charge >= 0.3 is 0 Å². The molecule has 0 saturated heterocycles. The molecule has 0 amide bonds. The van der Waals surface area contributed by atoms with E-state index in [4.69, 9.17) is 0 Å². The van der Waals surface area contributed by atoms with Crippen LogP contribution in [-0.2, 0) is 0 Å². The molecular weight excluding hydrogens is 249 g/mol. The molecule has 1 rings (SSSR count). The van der Waals surface area contributed by atoms with Crippen LogP contribution in [0.1, 0.15) is 19.8 Å². The van der Waals surface area contributed by atoms with Crippen molar-refractivity contribution in [3.05, 3.63) is 11.6 Å². The van der Waals surface area contributed by atoms with Gasteiger partial charge in [-0.3, -0.25) is 0 Å². The van der Waals surface area contributed by atoms with E-state index in [1.807, 2.05) is 0 Å². The van der Waals surface area contributed by atoms with Gasteiger partial charge in [0.15, 0.2) is 0 Å². The lowest BCUT2D eigenvalue weighted by molar-refractivity contribution is -0.889. The lowest BCUT2D eigenvalue weighted by Crippen LogP contribution is -3.00. The molecule has 0 unspecified atom stereocenters. The van der Waals surface area contributed by atoms with Crippen molar-refractivity contribution in [2.24, 2.45) is 0 Å². The largest absolute Gasteiger partial charge is 1.00 e. The average Bonchev–Trinajstić information content (AvgIpc) is 1.94. The second kappa shape index (κ2) is 4.45. The van der Waals surface area contributed by atoms with Gasteiger partial charge in [-0.15, -0.1) is 0 Å². The number of hydrogen-bond acceptors (Lipinski definition) is 0. The first-order valence-electron chi connectivity index (χ1n) is 4.08. The van der Waals surface area contributed by atoms with Gasteiger partial charge in [0, 0.05) is 12.8 Å². The van der Waals surface area contributed by atoms with Crippen LogP contribution >= 0.6 is 0 Å². The van der Waals surface area contributed by atoms with Crippen molar-refractivity contribution in [3.63, 3.8) is 0 Å². The monoisotopic (exact) mass is 267 g/mol. The van der Waals surface area contributed by atoms with Crippen molar-refractivity contribution in [1.29, 1.82) is 0 Å². The first kappa shape index (κ1) is 11.4. The average molecular weight is 267 g/mol. The minimum absolute atomic E-state index is 0. The summed E-state index contributed by atoms with van der Waals surface area (Å²) in [6, 6.07) is 0. The van der Waals surface area contributed by atoms with Crippen molar-refractivity contribution < 1.29 is 28.5 Å². The fourth-order valence-electron chi connectivity index (χ4n) is 1.35. The van der Waals surface area contributed by atoms with E-state index in [1.54, 1.807) is 5.57 Å². The molecule has 1 aliphatic rings. The molecule has 66 valence electrons. The van der Waals surface area contributed by atoms with Crippen LogP contribution < -0.4 is 24.0 Å². The fourth-order valence-corrected chi connectivity index (χ4v) is 1.35. The van der Waals surface area contributed by atoms with Gasteiger partial charge in [-0.05, 0) is 6.92 Å². The summed E-state index contributed by atoms with van der Waals surface area (Å²) in [4.78, 5) is 0. The molecule has 0 aromatic rings. The normalized spacial score (nSPS) is 23.0. The molecule has 0 saturated carbocycles. The molecular formula is C9H18IN. The first-order valence-corrected chi connectivity index (χ1v) is 4.08. The van der Waals surface area contributed by atoms with E-state index in [1.165, 1.54) is 30.4 Å². The number of quaternary nitrogens is 1. The quantitative estimate of drug-likeness (QED) is 0.294. The van der Waals surface area contributed by atoms with Gasteiger partial charge < -0.3 is 28.5 Å². The number of nitrogens with zero attached hydrogens (tertiary/aromatic N) is 1. The van der Waals surface area contributed by atoms with Crippen molar-refractivity contribution in [2.75, 3.05) is 27.2 Å². The van der Waals surface area contributed by atoms with Crippen LogP contribution in [0.3, 0.4) is 0 Å². The molecule has 0 N–H and O–H groups in total. The number of rotatable bonds is 0. The van der Waals surface area contributed by atoms with Crippen LogP contribution in [0.2, 0.25) is 0 Å². The van der Waals surface area contributed by atoms with Crippen LogP contribution in [0.15, 0.2) is 11.6 Å². The standard InChI is InChI=1S/C9H18N.HI/c1-9-5-4-7-10(2,3)8-6-9;/h5H,4,6-8H2,1-3H3;1H/q+1;/p-1. The Morgan fingerprint density at radius 1 is 1.27 bits per heavy atom. The second-order valence-electron chi connectivity index (χ2n) is 3.97. The SMILES string of the molecule is CC1=CCC[N+](C)(C)CC1.[I-]. The van der Waals surface area contributed by atoms with Crippen molar-refractivity contribution in [2.45, 2.75) is 19.8 Å². The van der Waals surface area contributed by atoms with Gasteiger partial charge in [0.25, 0.3) is 0 Å². The highest BCUT2D eigenvalue weighted by atomic mass is 127. The Morgan fingerprint density at radius 3 is 2.55 bits per heavy atom. The second-order valence-corrected chi connectivity index (χ2v) is 3.97. The summed E-state index contributed by atoms with van der Waals surface area (Å²) < 4.78 is 1.19. The number of halogens is 1. The lowest BCUT2D eigenvalue weighted by atomic mass is 10.2. The third-order valence-corrected chi connectivity index (χ3v) is 2.34. The molecule has 0 fully saturated rings. The maximum atomic E-state index is 2.38. The molecule has 0 aromatic heterocycles. The Labute approximate surface area is 87.1 Å². The van der Waals surface area contributed by atoms with Gasteiger partial charge in [-0.25, -0.2) is 0 Å². The maximum absolute atomic E-state index is 2.38. The van der Waals surface area contributed by atoms with Crippen LogP contribution in [0.5, 0.6) is 0 Å². The highest BCUT2D eigenvalue weighted by Gasteiger charge is 2.15. The zero-order valence-corrected chi connectivity index (χ0v) is 9.89. The molecule has 0 radical (unpaired) electrons. The van der Waals surface area contributed by atoms with E-state index in [2.05, 4.69) is 27.1 Å². The zero-order chi connectivity index (χ0) is 7.61. The number of hydrogen-bond donors (Lipinski definition) is 0. The third kappa shape index (κ3) is 4.11. The predicted molar refractivity (Wildman–Crippen MR) is 44.8 cm³/mol. The van der Waals surface area contributed by atoms with Crippen LogP contribution in [0.4, 0.5) is 0 Å². The topological polar surface area (TPSA) is 0 Å². The molecule has 11 heavy (non-hydrogen) atoms. The van der Waals surface area contributed by atoms with E-state index in [9.17, 15) is 0 Å². The molecule has 0 aliphatic carbocycles. The smallest absolute Gasteiger partial charge is 0.0820 e. The summed E-state index contributed by atoms with van der Waals surface area (Å²) in [5.74, 6) is 0. The molecule has 0 bridgehead atoms. The molecule has 0 aromatic carbocycles. The third-order valence-electron chi connectivity index (χ3n) is 2.34. The molecule has 1 heterocycles. The minimum atomic E-state index is 0. The molecule has 0 spiro atoms. The zero-order valence-electron chi connectivity index (χ0n) is 7.73. The molecule has 1 aliphatic heterocycles. The summed E-state index contributed by atoms with van der Waals surface area (Å²) >= 11 is 0. The fraction of sp³-hybridized carbons (Fsp3) is 0.778. The van der Waals surface area contributed by atoms with E-state index in [0.29, 0.717) is 0 Å². The summed E-state index contributed by atoms with van der Waals surface area (Å²) in [5.41, 5.74) is 1.57. The Morgan fingerprint density at radius 2 is 1.91 bits per heavy atom. The van der Waals surface area contributed by atoms with Gasteiger partial charge in [-0.1, -0.05) is 11.6 Å². The summed E-state index contributed by atoms with van der Waals surface area (Å²) in [6.45, 7) is 4.85. The van der Waals surface area contributed by atoms with Crippen molar-refractivity contribution in [1.82, 2.24) is 0 Å². The lowest BCUT2D eigenvalue weighted by Gasteiger charge is -2.27. The Hall–Kier alpha value is 0.430. The van der Waals surface area contributed by atoms with E-state index in [0.717, 1.165) is 0 Å². The van der Waals surface area contributed by atoms with E-state index >= 15 is 0 Å². The van der Waals surface area contributed by atoms with Gasteiger partial charge in [0.1, 0.15) is 0 Å². The summed E-state index contributed by atoms with van der Waals surface area (Å²) in [5, 5.41) is 0. The van der Waals surface area contributed by atoms with Gasteiger partial charge in [-0.2, -0.15) is 0 Å². The van der Waals surface area contributed by atoms with E-state index < -0.39 is 0 Å². The predicted octanol–water partition coefficient (Wildman–Crippen LogP) is -1.19. The Bertz CT molecular complexity index is 150. The molecule has 0 atom stereocenters. The molecule has 1 nitrogen and oxygen atoms in total. The van der Waals surface area contributed by atoms with Gasteiger partial charge in [0.2, 0.25) is 0 Å². The molecule has 2 heteroatoms. The van der Waals surface area contributed by atoms with Gasteiger partial charge in [0.05, 0.1) is 27.2 Å². The highest BCUT2D eigenvalue weighted by molar-refractivity contribution is 4.98. The van der Waals surface area contributed by atoms with E-state index in [-0.39, 0.29) is 24.0 Å². The minimum Gasteiger partial charge on any atom is -1.00 e. The maximum Gasteiger partial charge on any atom is 0.0820 e. The summed E-state index contributed by atoms with van der Waals surface area (Å²) in [6.07, 6.45) is 4.93. The van der Waals surface area contributed by atoms with Crippen LogP contribution in [0, 0.1) is 0 Å². The Kier molecular flexibility index (Phi) is 4.63. The van der Waals surface area contributed by atoms with Crippen LogP contribution in [-0.4, -0.2) is 31.7 Å².